The van der Waals surface area contributed by atoms with Gasteiger partial charge in [0.25, 0.3) is 5.56 Å². The fourth-order valence-electron chi connectivity index (χ4n) is 12.4. The van der Waals surface area contributed by atoms with E-state index < -0.39 is 5.41 Å². The van der Waals surface area contributed by atoms with Gasteiger partial charge in [0.2, 0.25) is 0 Å². The lowest BCUT2D eigenvalue weighted by Gasteiger charge is -2.49. The summed E-state index contributed by atoms with van der Waals surface area (Å²) in [5.74, 6) is 0. The van der Waals surface area contributed by atoms with Gasteiger partial charge in [-0.1, -0.05) is 182 Å². The summed E-state index contributed by atoms with van der Waals surface area (Å²) in [6.45, 7) is 0. The van der Waals surface area contributed by atoms with Gasteiger partial charge < -0.3 is 9.47 Å². The van der Waals surface area contributed by atoms with Crippen molar-refractivity contribution in [1.82, 2.24) is 9.13 Å². The summed E-state index contributed by atoms with van der Waals surface area (Å²) in [4.78, 5) is 17.5. The van der Waals surface area contributed by atoms with E-state index in [9.17, 15) is 0 Å². The Morgan fingerprint density at radius 3 is 1.42 bits per heavy atom. The van der Waals surface area contributed by atoms with Crippen LogP contribution in [-0.4, -0.2) is 9.13 Å². The van der Waals surface area contributed by atoms with E-state index in [1.165, 1.54) is 32.9 Å². The van der Waals surface area contributed by atoms with Crippen LogP contribution >= 0.6 is 0 Å². The van der Waals surface area contributed by atoms with Gasteiger partial charge in [-0.2, -0.15) is 0 Å². The number of hydrogen-bond acceptors (Lipinski definition) is 2. The third-order valence-corrected chi connectivity index (χ3v) is 15.5. The number of aromatic nitrogens is 2. The van der Waals surface area contributed by atoms with Crippen LogP contribution in [0.25, 0.3) is 88.2 Å². The van der Waals surface area contributed by atoms with E-state index in [-0.39, 0.29) is 5.56 Å². The first-order valence-electron chi connectivity index (χ1n) is 24.7. The third kappa shape index (κ3) is 5.66. The average molecular weight is 918 g/mol. The molecule has 2 aromatic heterocycles. The smallest absolute Gasteiger partial charge is 0.263 e. The molecule has 0 saturated heterocycles. The Morgan fingerprint density at radius 1 is 0.278 bits per heavy atom. The van der Waals surface area contributed by atoms with Gasteiger partial charge in [-0.15, -0.1) is 0 Å². The molecule has 0 unspecified atom stereocenters. The minimum atomic E-state index is -0.858. The molecular weight excluding hydrogens is 875 g/mol. The fraction of sp³-hybridized carbons (Fsp3) is 0.0147. The van der Waals surface area contributed by atoms with Crippen LogP contribution in [0.2, 0.25) is 0 Å². The lowest BCUT2D eigenvalue weighted by molar-refractivity contribution is 0.709. The Morgan fingerprint density at radius 2 is 0.764 bits per heavy atom. The quantitative estimate of drug-likeness (QED) is 0.161. The SMILES string of the molecule is O=c1c2ccccc2c2cccc3c2n1-c1ccccc1C31c2cc(-c3ccccc3)ccc2N(c2ccc(-n3c4ccccc4c4cc(-c5ccccc5)ccc43)cc2)c2ccc(-c3ccccc3)cc21. The summed E-state index contributed by atoms with van der Waals surface area (Å²) >= 11 is 0. The van der Waals surface area contributed by atoms with Crippen LogP contribution in [0.5, 0.6) is 0 Å². The molecule has 0 bridgehead atoms. The van der Waals surface area contributed by atoms with E-state index in [4.69, 9.17) is 0 Å². The summed E-state index contributed by atoms with van der Waals surface area (Å²) < 4.78 is 4.40. The van der Waals surface area contributed by atoms with E-state index in [1.54, 1.807) is 0 Å². The van der Waals surface area contributed by atoms with Gasteiger partial charge in [-0.25, -0.2) is 0 Å². The molecule has 1 spiro atoms. The van der Waals surface area contributed by atoms with Gasteiger partial charge in [0.1, 0.15) is 0 Å². The molecule has 15 rings (SSSR count). The van der Waals surface area contributed by atoms with Crippen molar-refractivity contribution in [3.63, 3.8) is 0 Å². The lowest BCUT2D eigenvalue weighted by atomic mass is 9.60. The number of rotatable bonds is 5. The van der Waals surface area contributed by atoms with Gasteiger partial charge in [0, 0.05) is 32.9 Å². The molecule has 0 aliphatic carbocycles. The molecule has 0 radical (unpaired) electrons. The third-order valence-electron chi connectivity index (χ3n) is 15.5. The highest BCUT2D eigenvalue weighted by atomic mass is 16.1. The maximum absolute atomic E-state index is 15.1. The molecule has 0 amide bonds. The molecule has 4 heterocycles. The molecule has 11 aromatic carbocycles. The molecule has 13 aromatic rings. The highest BCUT2D eigenvalue weighted by Gasteiger charge is 2.51. The molecule has 0 atom stereocenters. The van der Waals surface area contributed by atoms with Crippen molar-refractivity contribution < 1.29 is 0 Å². The van der Waals surface area contributed by atoms with Crippen molar-refractivity contribution >= 4 is 60.5 Å². The van der Waals surface area contributed by atoms with Crippen LogP contribution in [0.15, 0.2) is 266 Å². The number of benzene rings is 11. The summed E-state index contributed by atoms with van der Waals surface area (Å²) in [5, 5.41) is 5.17. The summed E-state index contributed by atoms with van der Waals surface area (Å²) in [7, 11) is 0. The van der Waals surface area contributed by atoms with Crippen LogP contribution in [0.1, 0.15) is 22.3 Å². The first-order chi connectivity index (χ1) is 35.6. The van der Waals surface area contributed by atoms with E-state index in [0.29, 0.717) is 5.39 Å². The second-order valence-corrected chi connectivity index (χ2v) is 19.2. The second-order valence-electron chi connectivity index (χ2n) is 19.2. The van der Waals surface area contributed by atoms with Crippen molar-refractivity contribution in [3.05, 3.63) is 293 Å². The first kappa shape index (κ1) is 40.4. The number of nitrogens with zero attached hydrogens (tertiary/aromatic N) is 3. The van der Waals surface area contributed by atoms with Crippen LogP contribution in [0, 0.1) is 0 Å². The predicted molar refractivity (Wildman–Crippen MR) is 298 cm³/mol. The first-order valence-corrected chi connectivity index (χ1v) is 24.7. The van der Waals surface area contributed by atoms with Crippen molar-refractivity contribution in [2.45, 2.75) is 5.41 Å². The van der Waals surface area contributed by atoms with Gasteiger partial charge >= 0.3 is 0 Å². The Hall–Kier alpha value is -9.51. The number of anilines is 3. The summed E-state index contributed by atoms with van der Waals surface area (Å²) in [6, 6.07) is 94.2. The molecule has 4 heteroatoms. The van der Waals surface area contributed by atoms with Crippen LogP contribution < -0.4 is 10.5 Å². The number of fused-ring (bicyclic) bond motifs is 13. The van der Waals surface area contributed by atoms with E-state index in [0.717, 1.165) is 89.2 Å². The van der Waals surface area contributed by atoms with Gasteiger partial charge in [0.05, 0.1) is 39.0 Å². The van der Waals surface area contributed by atoms with Crippen molar-refractivity contribution in [1.29, 1.82) is 0 Å². The zero-order valence-electron chi connectivity index (χ0n) is 39.1. The maximum atomic E-state index is 15.1. The molecular formula is C68H43N3O. The van der Waals surface area contributed by atoms with E-state index >= 15 is 4.79 Å². The topological polar surface area (TPSA) is 30.2 Å². The molecule has 72 heavy (non-hydrogen) atoms. The highest BCUT2D eigenvalue weighted by Crippen LogP contribution is 2.62. The molecule has 2 aliphatic rings. The van der Waals surface area contributed by atoms with Gasteiger partial charge in [-0.05, 0) is 140 Å². The van der Waals surface area contributed by atoms with E-state index in [1.807, 2.05) is 22.8 Å². The minimum absolute atomic E-state index is 0.0122. The predicted octanol–water partition coefficient (Wildman–Crippen LogP) is 16.7. The molecule has 0 saturated carbocycles. The van der Waals surface area contributed by atoms with Crippen LogP contribution in [0.3, 0.4) is 0 Å². The summed E-state index contributed by atoms with van der Waals surface area (Å²) in [6.07, 6.45) is 0. The Bertz CT molecular complexity index is 4310. The zero-order valence-corrected chi connectivity index (χ0v) is 39.1. The number of hydrogen-bond donors (Lipinski definition) is 0. The van der Waals surface area contributed by atoms with Crippen molar-refractivity contribution in [2.75, 3.05) is 4.90 Å². The second kappa shape index (κ2) is 15.5. The Balaban J connectivity index is 1.01. The fourth-order valence-corrected chi connectivity index (χ4v) is 12.4. The molecule has 2 aliphatic heterocycles. The molecule has 336 valence electrons. The van der Waals surface area contributed by atoms with Crippen molar-refractivity contribution in [2.24, 2.45) is 0 Å². The zero-order chi connectivity index (χ0) is 47.5. The normalized spacial score (nSPS) is 13.1. The maximum Gasteiger partial charge on any atom is 0.263 e. The average Bonchev–Trinajstić information content (AvgIpc) is 3.80. The largest absolute Gasteiger partial charge is 0.310 e. The number of para-hydroxylation sites is 3. The van der Waals surface area contributed by atoms with Gasteiger partial charge in [0.15, 0.2) is 0 Å². The monoisotopic (exact) mass is 917 g/mol. The number of pyridine rings is 1. The lowest BCUT2D eigenvalue weighted by Crippen LogP contribution is -2.42. The molecule has 0 N–H and O–H groups in total. The molecule has 4 nitrogen and oxygen atoms in total. The van der Waals surface area contributed by atoms with E-state index in [2.05, 4.69) is 252 Å². The van der Waals surface area contributed by atoms with Gasteiger partial charge in [-0.3, -0.25) is 9.36 Å². The molecule has 0 fully saturated rings. The summed E-state index contributed by atoms with van der Waals surface area (Å²) in [5.41, 5.74) is 19.0. The highest BCUT2D eigenvalue weighted by molar-refractivity contribution is 6.11. The Labute approximate surface area is 416 Å². The minimum Gasteiger partial charge on any atom is -0.310 e. The van der Waals surface area contributed by atoms with Crippen molar-refractivity contribution in [3.8, 4) is 44.8 Å². The Kier molecular flexibility index (Phi) is 8.69. The van der Waals surface area contributed by atoms with Crippen LogP contribution in [-0.2, 0) is 5.41 Å². The van der Waals surface area contributed by atoms with Crippen LogP contribution in [0.4, 0.5) is 17.1 Å². The standard InChI is InChI=1S/C68H43N3O/c72-67-55-25-11-10-23-52(55)54-26-16-28-58-66(54)71(67)63-30-15-13-27-57(63)68(58)59-42-48(45-19-6-2-7-20-45)32-39-64(59)70(65-40-33-49(43-60(65)68)46-21-8-3-9-22-46)51-36-34-50(35-37-51)69-61-29-14-12-24-53(61)56-41-47(31-38-62(56)69)44-17-4-1-5-18-44/h1-43H.